The topological polar surface area (TPSA) is 83.8 Å². The number of aromatic nitrogens is 2. The van der Waals surface area contributed by atoms with Crippen LogP contribution in [0.5, 0.6) is 0 Å². The van der Waals surface area contributed by atoms with Gasteiger partial charge in [0.25, 0.3) is 0 Å². The van der Waals surface area contributed by atoms with Gasteiger partial charge in [-0.2, -0.15) is 0 Å². The Hall–Kier alpha value is -2.53. The molecule has 1 heterocycles. The lowest BCUT2D eigenvalue weighted by Crippen LogP contribution is -2.11. The first-order valence-corrected chi connectivity index (χ1v) is 6.76. The maximum Gasteiger partial charge on any atom is 0.250 e. The van der Waals surface area contributed by atoms with Crippen molar-refractivity contribution in [3.8, 4) is 0 Å². The summed E-state index contributed by atoms with van der Waals surface area (Å²) >= 11 is 6.02. The van der Waals surface area contributed by atoms with Crippen LogP contribution >= 0.6 is 11.6 Å². The molecule has 3 rings (SSSR count). The SMILES string of the molecule is NC(=O)c1ccc(NCc2ccc3nc[nH]c3c2)cc1Cl. The average Bonchev–Trinajstić information content (AvgIpc) is 2.92. The summed E-state index contributed by atoms with van der Waals surface area (Å²) in [4.78, 5) is 18.4. The molecule has 4 N–H and O–H groups in total. The number of primary amides is 1. The Labute approximate surface area is 126 Å². The summed E-state index contributed by atoms with van der Waals surface area (Å²) in [5.74, 6) is -0.531. The predicted molar refractivity (Wildman–Crippen MR) is 83.4 cm³/mol. The summed E-state index contributed by atoms with van der Waals surface area (Å²) in [5.41, 5.74) is 9.42. The van der Waals surface area contributed by atoms with Crippen LogP contribution in [0, 0.1) is 0 Å². The van der Waals surface area contributed by atoms with Crippen molar-refractivity contribution in [2.45, 2.75) is 6.54 Å². The van der Waals surface area contributed by atoms with Gasteiger partial charge in [0.1, 0.15) is 0 Å². The van der Waals surface area contributed by atoms with E-state index in [1.165, 1.54) is 0 Å². The van der Waals surface area contributed by atoms with Gasteiger partial charge in [0, 0.05) is 12.2 Å². The molecule has 6 heteroatoms. The van der Waals surface area contributed by atoms with E-state index < -0.39 is 5.91 Å². The van der Waals surface area contributed by atoms with Gasteiger partial charge in [0.2, 0.25) is 5.91 Å². The summed E-state index contributed by atoms with van der Waals surface area (Å²) in [5, 5.41) is 3.60. The van der Waals surface area contributed by atoms with E-state index in [4.69, 9.17) is 17.3 Å². The Bertz CT molecular complexity index is 812. The van der Waals surface area contributed by atoms with Crippen molar-refractivity contribution in [3.05, 3.63) is 58.9 Å². The van der Waals surface area contributed by atoms with Crippen molar-refractivity contribution in [1.29, 1.82) is 0 Å². The molecule has 0 saturated carbocycles. The van der Waals surface area contributed by atoms with Crippen molar-refractivity contribution in [3.63, 3.8) is 0 Å². The number of hydrogen-bond donors (Lipinski definition) is 3. The number of anilines is 1. The molecule has 0 fully saturated rings. The van der Waals surface area contributed by atoms with Crippen molar-refractivity contribution in [1.82, 2.24) is 9.97 Å². The Morgan fingerprint density at radius 1 is 1.29 bits per heavy atom. The number of carbonyl (C=O) groups is 1. The third kappa shape index (κ3) is 2.83. The highest BCUT2D eigenvalue weighted by Crippen LogP contribution is 2.21. The highest BCUT2D eigenvalue weighted by Gasteiger charge is 2.07. The lowest BCUT2D eigenvalue weighted by atomic mass is 10.1. The maximum absolute atomic E-state index is 11.1. The van der Waals surface area contributed by atoms with Crippen LogP contribution in [0.2, 0.25) is 5.02 Å². The predicted octanol–water partition coefficient (Wildman–Crippen LogP) is 2.93. The van der Waals surface area contributed by atoms with Gasteiger partial charge >= 0.3 is 0 Å². The summed E-state index contributed by atoms with van der Waals surface area (Å²) in [6.07, 6.45) is 1.67. The number of imidazole rings is 1. The molecular weight excluding hydrogens is 288 g/mol. The molecule has 106 valence electrons. The van der Waals surface area contributed by atoms with Gasteiger partial charge < -0.3 is 16.0 Å². The molecule has 0 aliphatic rings. The van der Waals surface area contributed by atoms with E-state index in [2.05, 4.69) is 15.3 Å². The van der Waals surface area contributed by atoms with Crippen LogP contribution in [0.15, 0.2) is 42.7 Å². The molecular formula is C15H13ClN4O. The van der Waals surface area contributed by atoms with Crippen LogP contribution < -0.4 is 11.1 Å². The number of carbonyl (C=O) groups excluding carboxylic acids is 1. The van der Waals surface area contributed by atoms with Gasteiger partial charge in [-0.25, -0.2) is 4.98 Å². The van der Waals surface area contributed by atoms with Crippen molar-refractivity contribution in [2.75, 3.05) is 5.32 Å². The van der Waals surface area contributed by atoms with Gasteiger partial charge in [-0.15, -0.1) is 0 Å². The zero-order chi connectivity index (χ0) is 14.8. The van der Waals surface area contributed by atoms with Gasteiger partial charge in [-0.3, -0.25) is 4.79 Å². The smallest absolute Gasteiger partial charge is 0.250 e. The highest BCUT2D eigenvalue weighted by molar-refractivity contribution is 6.34. The number of nitrogens with two attached hydrogens (primary N) is 1. The number of nitrogens with zero attached hydrogens (tertiary/aromatic N) is 1. The lowest BCUT2D eigenvalue weighted by Gasteiger charge is -2.08. The average molecular weight is 301 g/mol. The van der Waals surface area contributed by atoms with Crippen LogP contribution in [-0.2, 0) is 6.54 Å². The Balaban J connectivity index is 1.75. The zero-order valence-corrected chi connectivity index (χ0v) is 11.8. The molecule has 1 amide bonds. The standard InChI is InChI=1S/C15H13ClN4O/c16-12-6-10(2-3-11(12)15(17)21)18-7-9-1-4-13-14(5-9)20-8-19-13/h1-6,8,18H,7H2,(H2,17,21)(H,19,20). The van der Waals surface area contributed by atoms with Crippen LogP contribution in [-0.4, -0.2) is 15.9 Å². The van der Waals surface area contributed by atoms with E-state index in [9.17, 15) is 4.79 Å². The van der Waals surface area contributed by atoms with Crippen molar-refractivity contribution >= 4 is 34.2 Å². The van der Waals surface area contributed by atoms with E-state index in [1.807, 2.05) is 18.2 Å². The number of benzene rings is 2. The number of aromatic amines is 1. The highest BCUT2D eigenvalue weighted by atomic mass is 35.5. The molecule has 0 unspecified atom stereocenters. The zero-order valence-electron chi connectivity index (χ0n) is 11.1. The molecule has 0 spiro atoms. The van der Waals surface area contributed by atoms with Crippen molar-refractivity contribution < 1.29 is 4.79 Å². The largest absolute Gasteiger partial charge is 0.381 e. The van der Waals surface area contributed by atoms with E-state index in [0.29, 0.717) is 17.1 Å². The normalized spacial score (nSPS) is 10.7. The molecule has 0 aliphatic heterocycles. The second-order valence-corrected chi connectivity index (χ2v) is 5.07. The number of fused-ring (bicyclic) bond motifs is 1. The molecule has 0 radical (unpaired) electrons. The molecule has 0 atom stereocenters. The summed E-state index contributed by atoms with van der Waals surface area (Å²) < 4.78 is 0. The second-order valence-electron chi connectivity index (χ2n) is 4.67. The number of amides is 1. The van der Waals surface area contributed by atoms with E-state index in [1.54, 1.807) is 24.5 Å². The molecule has 0 aliphatic carbocycles. The first-order chi connectivity index (χ1) is 10.1. The first-order valence-electron chi connectivity index (χ1n) is 6.39. The summed E-state index contributed by atoms with van der Waals surface area (Å²) in [6, 6.07) is 11.1. The fraction of sp³-hybridized carbons (Fsp3) is 0.0667. The Kier molecular flexibility index (Phi) is 3.50. The van der Waals surface area contributed by atoms with Gasteiger partial charge in [0.05, 0.1) is 27.9 Å². The molecule has 5 nitrogen and oxygen atoms in total. The third-order valence-electron chi connectivity index (χ3n) is 3.22. The number of halogens is 1. The number of nitrogens with one attached hydrogen (secondary N) is 2. The second kappa shape index (κ2) is 5.46. The number of H-pyrrole nitrogens is 1. The minimum Gasteiger partial charge on any atom is -0.381 e. The summed E-state index contributed by atoms with van der Waals surface area (Å²) in [7, 11) is 0. The Morgan fingerprint density at radius 3 is 2.90 bits per heavy atom. The molecule has 2 aromatic carbocycles. The van der Waals surface area contributed by atoms with Crippen LogP contribution in [0.3, 0.4) is 0 Å². The van der Waals surface area contributed by atoms with Gasteiger partial charge in [-0.05, 0) is 35.9 Å². The minimum atomic E-state index is -0.531. The van der Waals surface area contributed by atoms with E-state index in [-0.39, 0.29) is 0 Å². The molecule has 21 heavy (non-hydrogen) atoms. The van der Waals surface area contributed by atoms with Crippen molar-refractivity contribution in [2.24, 2.45) is 5.73 Å². The first kappa shape index (κ1) is 13.5. The number of rotatable bonds is 4. The van der Waals surface area contributed by atoms with Crippen LogP contribution in [0.25, 0.3) is 11.0 Å². The van der Waals surface area contributed by atoms with E-state index in [0.717, 1.165) is 22.3 Å². The summed E-state index contributed by atoms with van der Waals surface area (Å²) in [6.45, 7) is 0.640. The van der Waals surface area contributed by atoms with Crippen LogP contribution in [0.1, 0.15) is 15.9 Å². The monoisotopic (exact) mass is 300 g/mol. The molecule has 1 aromatic heterocycles. The third-order valence-corrected chi connectivity index (χ3v) is 3.53. The molecule has 0 bridgehead atoms. The quantitative estimate of drug-likeness (QED) is 0.692. The molecule has 3 aromatic rings. The van der Waals surface area contributed by atoms with Gasteiger partial charge in [0.15, 0.2) is 0 Å². The maximum atomic E-state index is 11.1. The fourth-order valence-electron chi connectivity index (χ4n) is 2.12. The van der Waals surface area contributed by atoms with Gasteiger partial charge in [-0.1, -0.05) is 17.7 Å². The lowest BCUT2D eigenvalue weighted by molar-refractivity contribution is 0.100. The minimum absolute atomic E-state index is 0.320. The number of hydrogen-bond acceptors (Lipinski definition) is 3. The Morgan fingerprint density at radius 2 is 2.14 bits per heavy atom. The van der Waals surface area contributed by atoms with E-state index >= 15 is 0 Å². The fourth-order valence-corrected chi connectivity index (χ4v) is 2.40. The van der Waals surface area contributed by atoms with Crippen LogP contribution in [0.4, 0.5) is 5.69 Å². The molecule has 0 saturated heterocycles.